The second-order valence-corrected chi connectivity index (χ2v) is 3.78. The first kappa shape index (κ1) is 11.3. The zero-order valence-electron chi connectivity index (χ0n) is 9.22. The summed E-state index contributed by atoms with van der Waals surface area (Å²) in [6, 6.07) is 4.51. The summed E-state index contributed by atoms with van der Waals surface area (Å²) in [6.45, 7) is 0. The van der Waals surface area contributed by atoms with Gasteiger partial charge in [-0.25, -0.2) is 4.39 Å². The van der Waals surface area contributed by atoms with Crippen LogP contribution in [-0.2, 0) is 18.3 Å². The van der Waals surface area contributed by atoms with E-state index in [1.165, 1.54) is 12.1 Å². The second kappa shape index (κ2) is 4.37. The molecule has 0 amide bonds. The van der Waals surface area contributed by atoms with Gasteiger partial charge in [0.25, 0.3) is 0 Å². The van der Waals surface area contributed by atoms with Gasteiger partial charge >= 0.3 is 5.97 Å². The van der Waals surface area contributed by atoms with Gasteiger partial charge in [0, 0.05) is 18.8 Å². The van der Waals surface area contributed by atoms with Crippen molar-refractivity contribution in [3.05, 3.63) is 42.0 Å². The van der Waals surface area contributed by atoms with Crippen LogP contribution in [0.2, 0.25) is 0 Å². The highest BCUT2D eigenvalue weighted by Crippen LogP contribution is 2.21. The lowest BCUT2D eigenvalue weighted by molar-refractivity contribution is -0.136. The lowest BCUT2D eigenvalue weighted by Crippen LogP contribution is -2.02. The lowest BCUT2D eigenvalue weighted by Gasteiger charge is -2.02. The number of carboxylic acid groups (broad SMARTS) is 1. The molecule has 4 nitrogen and oxygen atoms in total. The van der Waals surface area contributed by atoms with Crippen LogP contribution in [0.25, 0.3) is 11.1 Å². The van der Waals surface area contributed by atoms with Crippen LogP contribution in [0.3, 0.4) is 0 Å². The second-order valence-electron chi connectivity index (χ2n) is 3.78. The maximum absolute atomic E-state index is 13.6. The fraction of sp³-hybridized carbons (Fsp3) is 0.167. The van der Waals surface area contributed by atoms with Crippen LogP contribution in [0.5, 0.6) is 0 Å². The summed E-state index contributed by atoms with van der Waals surface area (Å²) in [5.74, 6) is -1.55. The van der Waals surface area contributed by atoms with Gasteiger partial charge in [0.05, 0.1) is 12.6 Å². The minimum absolute atomic E-state index is 0.185. The third-order valence-electron chi connectivity index (χ3n) is 2.43. The van der Waals surface area contributed by atoms with E-state index in [1.807, 2.05) is 0 Å². The molecule has 2 aromatic rings. The predicted octanol–water partition coefficient (Wildman–Crippen LogP) is 1.85. The van der Waals surface area contributed by atoms with Crippen LogP contribution >= 0.6 is 0 Å². The van der Waals surface area contributed by atoms with Crippen molar-refractivity contribution in [1.82, 2.24) is 9.78 Å². The molecule has 0 spiro atoms. The van der Waals surface area contributed by atoms with Crippen LogP contribution in [0, 0.1) is 5.82 Å². The largest absolute Gasteiger partial charge is 0.481 e. The van der Waals surface area contributed by atoms with E-state index in [2.05, 4.69) is 5.10 Å². The number of benzene rings is 1. The first-order chi connectivity index (χ1) is 8.06. The van der Waals surface area contributed by atoms with E-state index < -0.39 is 11.8 Å². The number of halogens is 1. The number of aliphatic carboxylic acids is 1. The molecule has 1 aromatic heterocycles. The van der Waals surface area contributed by atoms with Gasteiger partial charge in [-0.2, -0.15) is 5.10 Å². The predicted molar refractivity (Wildman–Crippen MR) is 59.9 cm³/mol. The number of nitrogens with zero attached hydrogens (tertiary/aromatic N) is 2. The molecule has 0 fully saturated rings. The van der Waals surface area contributed by atoms with E-state index in [0.717, 1.165) is 5.56 Å². The molecule has 0 bridgehead atoms. The zero-order chi connectivity index (χ0) is 12.4. The molecule has 0 aliphatic carbocycles. The van der Waals surface area contributed by atoms with Crippen molar-refractivity contribution in [2.75, 3.05) is 0 Å². The Labute approximate surface area is 97.3 Å². The number of aryl methyl sites for hydroxylation is 1. The SMILES string of the molecule is Cn1cc(-c2ccc(CC(=O)O)c(F)c2)cn1. The quantitative estimate of drug-likeness (QED) is 0.881. The number of hydrogen-bond donors (Lipinski definition) is 1. The molecule has 0 atom stereocenters. The van der Waals surface area contributed by atoms with Gasteiger partial charge in [0.2, 0.25) is 0 Å². The summed E-state index contributed by atoms with van der Waals surface area (Å²) >= 11 is 0. The highest BCUT2D eigenvalue weighted by atomic mass is 19.1. The first-order valence-electron chi connectivity index (χ1n) is 5.05. The van der Waals surface area contributed by atoms with Crippen molar-refractivity contribution in [1.29, 1.82) is 0 Å². The molecule has 1 aromatic carbocycles. The molecule has 0 saturated carbocycles. The lowest BCUT2D eigenvalue weighted by atomic mass is 10.0. The fourth-order valence-electron chi connectivity index (χ4n) is 1.60. The monoisotopic (exact) mass is 234 g/mol. The van der Waals surface area contributed by atoms with Crippen molar-refractivity contribution < 1.29 is 14.3 Å². The summed E-state index contributed by atoms with van der Waals surface area (Å²) in [5.41, 5.74) is 1.67. The smallest absolute Gasteiger partial charge is 0.307 e. The third-order valence-corrected chi connectivity index (χ3v) is 2.43. The molecule has 1 N–H and O–H groups in total. The summed E-state index contributed by atoms with van der Waals surface area (Å²) in [5, 5.41) is 12.6. The Hall–Kier alpha value is -2.17. The van der Waals surface area contributed by atoms with E-state index in [0.29, 0.717) is 5.56 Å². The average Bonchev–Trinajstić information content (AvgIpc) is 2.67. The zero-order valence-corrected chi connectivity index (χ0v) is 9.22. The Bertz CT molecular complexity index is 563. The number of rotatable bonds is 3. The van der Waals surface area contributed by atoms with Crippen LogP contribution in [0.1, 0.15) is 5.56 Å². The standard InChI is InChI=1S/C12H11FN2O2/c1-15-7-10(6-14-15)8-2-3-9(5-12(16)17)11(13)4-8/h2-4,6-7H,5H2,1H3,(H,16,17). The maximum atomic E-state index is 13.6. The molecule has 0 aliphatic rings. The highest BCUT2D eigenvalue weighted by molar-refractivity contribution is 5.71. The summed E-state index contributed by atoms with van der Waals surface area (Å²) in [4.78, 5) is 10.5. The van der Waals surface area contributed by atoms with Gasteiger partial charge in [-0.05, 0) is 17.2 Å². The van der Waals surface area contributed by atoms with Crippen LogP contribution in [0.15, 0.2) is 30.6 Å². The van der Waals surface area contributed by atoms with E-state index in [4.69, 9.17) is 5.11 Å². The van der Waals surface area contributed by atoms with E-state index in [1.54, 1.807) is 30.2 Å². The van der Waals surface area contributed by atoms with Crippen LogP contribution in [-0.4, -0.2) is 20.9 Å². The molecule has 0 unspecified atom stereocenters. The van der Waals surface area contributed by atoms with Gasteiger partial charge in [0.1, 0.15) is 5.82 Å². The molecule has 2 rings (SSSR count). The Balaban J connectivity index is 2.33. The molecule has 0 saturated heterocycles. The summed E-state index contributed by atoms with van der Waals surface area (Å²) in [6.07, 6.45) is 3.09. The minimum Gasteiger partial charge on any atom is -0.481 e. The van der Waals surface area contributed by atoms with Crippen LogP contribution < -0.4 is 0 Å². The first-order valence-corrected chi connectivity index (χ1v) is 5.05. The molecular weight excluding hydrogens is 223 g/mol. The van der Waals surface area contributed by atoms with E-state index in [9.17, 15) is 9.18 Å². The maximum Gasteiger partial charge on any atom is 0.307 e. The Morgan fingerprint density at radius 1 is 1.47 bits per heavy atom. The molecule has 0 radical (unpaired) electrons. The van der Waals surface area contributed by atoms with Crippen molar-refractivity contribution in [2.45, 2.75) is 6.42 Å². The topological polar surface area (TPSA) is 55.1 Å². The minimum atomic E-state index is -1.04. The molecule has 5 heteroatoms. The van der Waals surface area contributed by atoms with Gasteiger partial charge in [0.15, 0.2) is 0 Å². The Morgan fingerprint density at radius 2 is 2.24 bits per heavy atom. The number of carboxylic acids is 1. The van der Waals surface area contributed by atoms with Gasteiger partial charge in [-0.3, -0.25) is 9.48 Å². The highest BCUT2D eigenvalue weighted by Gasteiger charge is 2.09. The number of hydrogen-bond acceptors (Lipinski definition) is 2. The normalized spacial score (nSPS) is 10.5. The number of aromatic nitrogens is 2. The van der Waals surface area contributed by atoms with E-state index >= 15 is 0 Å². The molecular formula is C12H11FN2O2. The van der Waals surface area contributed by atoms with Crippen molar-refractivity contribution in [3.63, 3.8) is 0 Å². The third kappa shape index (κ3) is 2.50. The van der Waals surface area contributed by atoms with Crippen molar-refractivity contribution in [2.24, 2.45) is 7.05 Å². The molecule has 88 valence electrons. The van der Waals surface area contributed by atoms with Gasteiger partial charge < -0.3 is 5.11 Å². The fourth-order valence-corrected chi connectivity index (χ4v) is 1.60. The number of carbonyl (C=O) groups is 1. The van der Waals surface area contributed by atoms with Crippen molar-refractivity contribution in [3.8, 4) is 11.1 Å². The van der Waals surface area contributed by atoms with Crippen LogP contribution in [0.4, 0.5) is 4.39 Å². The molecule has 0 aliphatic heterocycles. The Morgan fingerprint density at radius 3 is 2.76 bits per heavy atom. The van der Waals surface area contributed by atoms with E-state index in [-0.39, 0.29) is 12.0 Å². The van der Waals surface area contributed by atoms with Crippen molar-refractivity contribution >= 4 is 5.97 Å². The molecule has 1 heterocycles. The van der Waals surface area contributed by atoms with Gasteiger partial charge in [-0.1, -0.05) is 12.1 Å². The van der Waals surface area contributed by atoms with Gasteiger partial charge in [-0.15, -0.1) is 0 Å². The average molecular weight is 234 g/mol. The summed E-state index contributed by atoms with van der Waals surface area (Å²) in [7, 11) is 1.78. The Kier molecular flexibility index (Phi) is 2.91. The summed E-state index contributed by atoms with van der Waals surface area (Å²) < 4.78 is 15.2. The molecule has 17 heavy (non-hydrogen) atoms.